The molecule has 0 radical (unpaired) electrons. The Labute approximate surface area is 110 Å². The Hall–Kier alpha value is -0.690. The van der Waals surface area contributed by atoms with Gasteiger partial charge in [-0.2, -0.15) is 0 Å². The minimum Gasteiger partial charge on any atom is -0.347 e. The summed E-state index contributed by atoms with van der Waals surface area (Å²) in [4.78, 5) is 8.16. The number of aromatic nitrogens is 2. The minimum atomic E-state index is -0.388. The average molecular weight is 267 g/mol. The molecular formula is C12H17N3O2S. The van der Waals surface area contributed by atoms with Crippen molar-refractivity contribution in [2.24, 2.45) is 5.73 Å². The van der Waals surface area contributed by atoms with Gasteiger partial charge in [0, 0.05) is 30.3 Å². The molecule has 1 aliphatic carbocycles. The maximum atomic E-state index is 6.20. The van der Waals surface area contributed by atoms with Gasteiger partial charge in [-0.05, 0) is 12.5 Å². The highest BCUT2D eigenvalue weighted by Gasteiger charge is 2.44. The van der Waals surface area contributed by atoms with Crippen molar-refractivity contribution in [1.82, 2.24) is 9.97 Å². The molecule has 2 N–H and O–H groups in total. The molecule has 1 aromatic heterocycles. The van der Waals surface area contributed by atoms with Crippen LogP contribution < -0.4 is 5.73 Å². The molecule has 1 aliphatic heterocycles. The van der Waals surface area contributed by atoms with E-state index in [-0.39, 0.29) is 17.1 Å². The second-order valence-corrected chi connectivity index (χ2v) is 5.98. The predicted octanol–water partition coefficient (Wildman–Crippen LogP) is 1.19. The van der Waals surface area contributed by atoms with Gasteiger partial charge >= 0.3 is 0 Å². The van der Waals surface area contributed by atoms with Crippen molar-refractivity contribution in [2.45, 2.75) is 41.4 Å². The lowest BCUT2D eigenvalue weighted by Gasteiger charge is -2.39. The predicted molar refractivity (Wildman–Crippen MR) is 68.1 cm³/mol. The lowest BCUT2D eigenvalue weighted by molar-refractivity contribution is -0.176. The van der Waals surface area contributed by atoms with Gasteiger partial charge in [-0.25, -0.2) is 9.97 Å². The van der Waals surface area contributed by atoms with Gasteiger partial charge in [0.15, 0.2) is 5.79 Å². The van der Waals surface area contributed by atoms with Gasteiger partial charge in [0.25, 0.3) is 0 Å². The van der Waals surface area contributed by atoms with E-state index >= 15 is 0 Å². The molecular weight excluding hydrogens is 250 g/mol. The summed E-state index contributed by atoms with van der Waals surface area (Å²) in [6, 6.07) is 2.08. The summed E-state index contributed by atoms with van der Waals surface area (Å²) < 4.78 is 11.5. The molecule has 0 amide bonds. The molecule has 1 saturated carbocycles. The van der Waals surface area contributed by atoms with Crippen molar-refractivity contribution in [1.29, 1.82) is 0 Å². The molecule has 98 valence electrons. The van der Waals surface area contributed by atoms with Gasteiger partial charge in [0.1, 0.15) is 6.33 Å². The van der Waals surface area contributed by atoms with E-state index in [4.69, 9.17) is 15.2 Å². The molecule has 1 spiro atoms. The highest BCUT2D eigenvalue weighted by Crippen LogP contribution is 2.41. The third-order valence-electron chi connectivity index (χ3n) is 3.49. The lowest BCUT2D eigenvalue weighted by Crippen LogP contribution is -2.47. The second-order valence-electron chi connectivity index (χ2n) is 4.72. The molecule has 2 heterocycles. The first-order valence-corrected chi connectivity index (χ1v) is 7.12. The summed E-state index contributed by atoms with van der Waals surface area (Å²) in [5.41, 5.74) is 6.20. The molecule has 2 fully saturated rings. The summed E-state index contributed by atoms with van der Waals surface area (Å²) in [5.74, 6) is -0.388. The molecule has 3 rings (SSSR count). The zero-order valence-corrected chi connectivity index (χ0v) is 10.9. The van der Waals surface area contributed by atoms with E-state index in [0.717, 1.165) is 24.3 Å². The maximum Gasteiger partial charge on any atom is 0.169 e. The monoisotopic (exact) mass is 267 g/mol. The van der Waals surface area contributed by atoms with Crippen LogP contribution >= 0.6 is 11.8 Å². The number of rotatable bonds is 2. The first-order chi connectivity index (χ1) is 8.77. The van der Waals surface area contributed by atoms with Crippen LogP contribution in [-0.2, 0) is 9.47 Å². The minimum absolute atomic E-state index is 0.170. The molecule has 1 saturated heterocycles. The molecule has 1 aromatic rings. The largest absolute Gasteiger partial charge is 0.347 e. The smallest absolute Gasteiger partial charge is 0.169 e. The van der Waals surface area contributed by atoms with Crippen LogP contribution in [0.1, 0.15) is 19.3 Å². The Kier molecular flexibility index (Phi) is 3.52. The van der Waals surface area contributed by atoms with Crippen molar-refractivity contribution >= 4 is 11.8 Å². The standard InChI is InChI=1S/C12H17N3O2S/c13-9-1-3-12(16-5-6-17-12)7-10(9)18-11-2-4-14-8-15-11/h2,4,8-10H,1,3,5-7,13H2. The molecule has 2 aliphatic rings. The van der Waals surface area contributed by atoms with Gasteiger partial charge in [-0.3, -0.25) is 0 Å². The molecule has 2 atom stereocenters. The Balaban J connectivity index is 1.70. The number of hydrogen-bond donors (Lipinski definition) is 1. The number of thioether (sulfide) groups is 1. The first-order valence-electron chi connectivity index (χ1n) is 6.24. The van der Waals surface area contributed by atoms with Gasteiger partial charge in [-0.1, -0.05) is 0 Å². The SMILES string of the molecule is NC1CCC2(CC1Sc1ccncn1)OCCO2. The number of nitrogens with zero attached hydrogens (tertiary/aromatic N) is 2. The average Bonchev–Trinajstić information content (AvgIpc) is 2.84. The number of hydrogen-bond acceptors (Lipinski definition) is 6. The van der Waals surface area contributed by atoms with Crippen LogP contribution in [0.5, 0.6) is 0 Å². The van der Waals surface area contributed by atoms with E-state index in [0.29, 0.717) is 13.2 Å². The van der Waals surface area contributed by atoms with Crippen LogP contribution in [0.3, 0.4) is 0 Å². The quantitative estimate of drug-likeness (QED) is 0.812. The van der Waals surface area contributed by atoms with E-state index in [1.165, 1.54) is 0 Å². The normalized spacial score (nSPS) is 30.7. The third-order valence-corrected chi connectivity index (χ3v) is 4.79. The van der Waals surface area contributed by atoms with Crippen molar-refractivity contribution in [3.63, 3.8) is 0 Å². The van der Waals surface area contributed by atoms with E-state index in [9.17, 15) is 0 Å². The van der Waals surface area contributed by atoms with Gasteiger partial charge < -0.3 is 15.2 Å². The molecule has 0 bridgehead atoms. The zero-order valence-electron chi connectivity index (χ0n) is 10.1. The van der Waals surface area contributed by atoms with E-state index in [1.54, 1.807) is 24.3 Å². The number of ether oxygens (including phenoxy) is 2. The Morgan fingerprint density at radius 1 is 1.39 bits per heavy atom. The maximum absolute atomic E-state index is 6.20. The first kappa shape index (κ1) is 12.3. The molecule has 2 unspecified atom stereocenters. The van der Waals surface area contributed by atoms with Gasteiger partial charge in [-0.15, -0.1) is 11.8 Å². The molecule has 6 heteroatoms. The van der Waals surface area contributed by atoms with Crippen LogP contribution in [-0.4, -0.2) is 40.3 Å². The zero-order chi connectivity index (χ0) is 12.4. The fourth-order valence-corrected chi connectivity index (χ4v) is 3.73. The van der Waals surface area contributed by atoms with Crippen LogP contribution in [0.15, 0.2) is 23.6 Å². The van der Waals surface area contributed by atoms with Crippen molar-refractivity contribution in [3.8, 4) is 0 Å². The number of nitrogens with two attached hydrogens (primary N) is 1. The van der Waals surface area contributed by atoms with Crippen LogP contribution in [0, 0.1) is 0 Å². The van der Waals surface area contributed by atoms with E-state index in [1.807, 2.05) is 6.07 Å². The molecule has 0 aromatic carbocycles. The third kappa shape index (κ3) is 2.51. The van der Waals surface area contributed by atoms with Crippen molar-refractivity contribution in [2.75, 3.05) is 13.2 Å². The Morgan fingerprint density at radius 2 is 2.22 bits per heavy atom. The van der Waals surface area contributed by atoms with Crippen LogP contribution in [0.2, 0.25) is 0 Å². The van der Waals surface area contributed by atoms with Crippen LogP contribution in [0.4, 0.5) is 0 Å². The summed E-state index contributed by atoms with van der Waals surface area (Å²) in [6.07, 6.45) is 5.98. The summed E-state index contributed by atoms with van der Waals surface area (Å²) in [6.45, 7) is 1.39. The van der Waals surface area contributed by atoms with Crippen molar-refractivity contribution in [3.05, 3.63) is 18.6 Å². The Bertz CT molecular complexity index is 398. The summed E-state index contributed by atoms with van der Waals surface area (Å²) >= 11 is 1.70. The Morgan fingerprint density at radius 3 is 2.94 bits per heavy atom. The molecule has 5 nitrogen and oxygen atoms in total. The highest BCUT2D eigenvalue weighted by atomic mass is 32.2. The highest BCUT2D eigenvalue weighted by molar-refractivity contribution is 7.99. The lowest BCUT2D eigenvalue weighted by atomic mass is 9.90. The topological polar surface area (TPSA) is 70.3 Å². The fraction of sp³-hybridized carbons (Fsp3) is 0.667. The van der Waals surface area contributed by atoms with E-state index < -0.39 is 0 Å². The van der Waals surface area contributed by atoms with Gasteiger partial charge in [0.05, 0.1) is 18.2 Å². The van der Waals surface area contributed by atoms with Crippen molar-refractivity contribution < 1.29 is 9.47 Å². The summed E-state index contributed by atoms with van der Waals surface area (Å²) in [5, 5.41) is 1.24. The second kappa shape index (κ2) is 5.13. The van der Waals surface area contributed by atoms with E-state index in [2.05, 4.69) is 9.97 Å². The van der Waals surface area contributed by atoms with Crippen LogP contribution in [0.25, 0.3) is 0 Å². The van der Waals surface area contributed by atoms with Gasteiger partial charge in [0.2, 0.25) is 0 Å². The summed E-state index contributed by atoms with van der Waals surface area (Å²) in [7, 11) is 0. The fourth-order valence-electron chi connectivity index (χ4n) is 2.52. The molecule has 18 heavy (non-hydrogen) atoms.